The monoisotopic (exact) mass is 454 g/mol. The first-order chi connectivity index (χ1) is 16.6. The Balaban J connectivity index is 1.78. The van der Waals surface area contributed by atoms with Crippen LogP contribution < -0.4 is 18.9 Å². The molecule has 0 unspecified atom stereocenters. The number of hydrogen-bond acceptors (Lipinski definition) is 5. The Kier molecular flexibility index (Phi) is 5.62. The Hall–Kier alpha value is -3.99. The number of carbonyl (C=O) groups is 1. The maximum absolute atomic E-state index is 14.0. The summed E-state index contributed by atoms with van der Waals surface area (Å²) >= 11 is 0. The van der Waals surface area contributed by atoms with Crippen molar-refractivity contribution in [3.63, 3.8) is 0 Å². The normalized spacial score (nSPS) is 16.9. The van der Waals surface area contributed by atoms with Gasteiger partial charge in [0, 0.05) is 29.2 Å². The topological polar surface area (TPSA) is 54.0 Å². The van der Waals surface area contributed by atoms with E-state index < -0.39 is 5.92 Å². The van der Waals surface area contributed by atoms with Gasteiger partial charge in [0.25, 0.3) is 0 Å². The number of Topliss-reactive ketones (excluding diaryl/α,β-unsaturated/α-hetero) is 1. The van der Waals surface area contributed by atoms with E-state index in [4.69, 9.17) is 18.9 Å². The molecule has 0 aromatic heterocycles. The van der Waals surface area contributed by atoms with Crippen LogP contribution in [0.15, 0.2) is 72.8 Å². The highest BCUT2D eigenvalue weighted by Crippen LogP contribution is 2.53. The Morgan fingerprint density at radius 1 is 0.588 bits per heavy atom. The molecule has 1 aliphatic carbocycles. The van der Waals surface area contributed by atoms with E-state index in [1.54, 1.807) is 28.4 Å². The second-order valence-corrected chi connectivity index (χ2v) is 8.36. The summed E-state index contributed by atoms with van der Waals surface area (Å²) in [6.45, 7) is 0. The summed E-state index contributed by atoms with van der Waals surface area (Å²) in [6, 6.07) is 23.9. The minimum Gasteiger partial charge on any atom is -0.497 e. The third-order valence-corrected chi connectivity index (χ3v) is 6.63. The van der Waals surface area contributed by atoms with Gasteiger partial charge < -0.3 is 18.9 Å². The highest BCUT2D eigenvalue weighted by atomic mass is 16.5. The molecule has 5 heteroatoms. The molecule has 0 heterocycles. The van der Waals surface area contributed by atoms with Gasteiger partial charge in [-0.15, -0.1) is 0 Å². The molecule has 2 atom stereocenters. The second-order valence-electron chi connectivity index (χ2n) is 8.36. The van der Waals surface area contributed by atoms with E-state index in [9.17, 15) is 4.79 Å². The zero-order valence-corrected chi connectivity index (χ0v) is 19.6. The third kappa shape index (κ3) is 3.54. The van der Waals surface area contributed by atoms with Crippen molar-refractivity contribution in [2.24, 2.45) is 0 Å². The molecule has 0 fully saturated rings. The Labute approximate surface area is 198 Å². The first kappa shape index (κ1) is 21.8. The average molecular weight is 455 g/mol. The number of benzene rings is 4. The van der Waals surface area contributed by atoms with Crippen LogP contribution in [-0.4, -0.2) is 34.2 Å². The number of rotatable bonds is 6. The van der Waals surface area contributed by atoms with Gasteiger partial charge in [-0.2, -0.15) is 0 Å². The number of carbonyl (C=O) groups excluding carboxylic acids is 1. The van der Waals surface area contributed by atoms with Gasteiger partial charge in [-0.05, 0) is 40.1 Å². The molecular formula is C29H26O5. The molecule has 5 nitrogen and oxygen atoms in total. The van der Waals surface area contributed by atoms with Crippen molar-refractivity contribution in [2.45, 2.75) is 11.8 Å². The van der Waals surface area contributed by atoms with Gasteiger partial charge >= 0.3 is 0 Å². The van der Waals surface area contributed by atoms with Crippen LogP contribution in [0, 0.1) is 0 Å². The van der Waals surface area contributed by atoms with Crippen molar-refractivity contribution in [1.82, 2.24) is 0 Å². The van der Waals surface area contributed by atoms with Crippen molar-refractivity contribution in [1.29, 1.82) is 0 Å². The van der Waals surface area contributed by atoms with Crippen molar-refractivity contribution in [3.05, 3.63) is 95.1 Å². The van der Waals surface area contributed by atoms with Gasteiger partial charge in [-0.25, -0.2) is 0 Å². The molecule has 5 rings (SSSR count). The standard InChI is InChI=1S/C29H26O5/c1-31-21-12-20(13-22(14-21)32-2)27-26(19-10-9-17-7-5-6-8-18(17)11-19)28-24(29(27)30)15-23(33-3)16-25(28)34-4/h5-16,26-27H,1-4H3/t26-,27-/m0/s1. The summed E-state index contributed by atoms with van der Waals surface area (Å²) < 4.78 is 22.3. The van der Waals surface area contributed by atoms with Crippen LogP contribution in [0.1, 0.15) is 38.9 Å². The lowest BCUT2D eigenvalue weighted by Crippen LogP contribution is -2.13. The SMILES string of the molecule is COc1cc(OC)cc([C@@H]2C(=O)c3cc(OC)cc(OC)c3[C@H]2c2ccc3ccccc3c2)c1. The van der Waals surface area contributed by atoms with E-state index >= 15 is 0 Å². The summed E-state index contributed by atoms with van der Waals surface area (Å²) in [4.78, 5) is 14.0. The molecule has 4 aromatic carbocycles. The summed E-state index contributed by atoms with van der Waals surface area (Å²) in [6.07, 6.45) is 0. The third-order valence-electron chi connectivity index (χ3n) is 6.63. The predicted molar refractivity (Wildman–Crippen MR) is 132 cm³/mol. The van der Waals surface area contributed by atoms with Gasteiger partial charge in [0.05, 0.1) is 34.4 Å². The van der Waals surface area contributed by atoms with E-state index in [0.29, 0.717) is 28.6 Å². The number of ether oxygens (including phenoxy) is 4. The summed E-state index contributed by atoms with van der Waals surface area (Å²) in [5.41, 5.74) is 3.36. The fourth-order valence-electron chi connectivity index (χ4n) is 5.01. The molecule has 0 bridgehead atoms. The van der Waals surface area contributed by atoms with Crippen LogP contribution in [0.4, 0.5) is 0 Å². The highest BCUT2D eigenvalue weighted by Gasteiger charge is 2.44. The lowest BCUT2D eigenvalue weighted by molar-refractivity contribution is 0.0968. The van der Waals surface area contributed by atoms with Crippen LogP contribution in [0.2, 0.25) is 0 Å². The quantitative estimate of drug-likeness (QED) is 0.358. The Morgan fingerprint density at radius 2 is 1.24 bits per heavy atom. The molecular weight excluding hydrogens is 428 g/mol. The fourth-order valence-corrected chi connectivity index (χ4v) is 5.01. The van der Waals surface area contributed by atoms with Crippen LogP contribution in [-0.2, 0) is 0 Å². The molecule has 0 saturated heterocycles. The molecule has 0 aliphatic heterocycles. The maximum atomic E-state index is 14.0. The molecule has 4 aromatic rings. The van der Waals surface area contributed by atoms with E-state index in [-0.39, 0.29) is 11.7 Å². The summed E-state index contributed by atoms with van der Waals surface area (Å²) in [5.74, 6) is 1.80. The molecule has 0 amide bonds. The van der Waals surface area contributed by atoms with E-state index in [1.807, 2.05) is 42.5 Å². The number of ketones is 1. The summed E-state index contributed by atoms with van der Waals surface area (Å²) in [7, 11) is 6.43. The van der Waals surface area contributed by atoms with Gasteiger partial charge in [0.1, 0.15) is 23.0 Å². The van der Waals surface area contributed by atoms with Gasteiger partial charge in [-0.3, -0.25) is 4.79 Å². The minimum absolute atomic E-state index is 0.0145. The van der Waals surface area contributed by atoms with Gasteiger partial charge in [0.15, 0.2) is 5.78 Å². The van der Waals surface area contributed by atoms with Crippen LogP contribution in [0.25, 0.3) is 10.8 Å². The largest absolute Gasteiger partial charge is 0.497 e. The molecule has 172 valence electrons. The number of hydrogen-bond donors (Lipinski definition) is 0. The van der Waals surface area contributed by atoms with Crippen molar-refractivity contribution in [3.8, 4) is 23.0 Å². The maximum Gasteiger partial charge on any atom is 0.171 e. The molecule has 0 radical (unpaired) electrons. The molecule has 0 spiro atoms. The number of methoxy groups -OCH3 is 4. The zero-order chi connectivity index (χ0) is 23.8. The smallest absolute Gasteiger partial charge is 0.171 e. The fraction of sp³-hybridized carbons (Fsp3) is 0.207. The highest BCUT2D eigenvalue weighted by molar-refractivity contribution is 6.08. The van der Waals surface area contributed by atoms with E-state index in [0.717, 1.165) is 27.5 Å². The molecule has 0 N–H and O–H groups in total. The van der Waals surface area contributed by atoms with Gasteiger partial charge in [0.2, 0.25) is 0 Å². The van der Waals surface area contributed by atoms with Crippen LogP contribution in [0.3, 0.4) is 0 Å². The zero-order valence-electron chi connectivity index (χ0n) is 19.6. The minimum atomic E-state index is -0.471. The van der Waals surface area contributed by atoms with Crippen molar-refractivity contribution < 1.29 is 23.7 Å². The summed E-state index contributed by atoms with van der Waals surface area (Å²) in [5, 5.41) is 2.27. The Morgan fingerprint density at radius 3 is 1.88 bits per heavy atom. The van der Waals surface area contributed by atoms with E-state index in [1.165, 1.54) is 0 Å². The van der Waals surface area contributed by atoms with Crippen molar-refractivity contribution >= 4 is 16.6 Å². The predicted octanol–water partition coefficient (Wildman–Crippen LogP) is 5.99. The molecule has 0 saturated carbocycles. The average Bonchev–Trinajstić information content (AvgIpc) is 3.19. The lowest BCUT2D eigenvalue weighted by atomic mass is 9.80. The first-order valence-electron chi connectivity index (χ1n) is 11.1. The number of fused-ring (bicyclic) bond motifs is 2. The lowest BCUT2D eigenvalue weighted by Gasteiger charge is -2.23. The van der Waals surface area contributed by atoms with Gasteiger partial charge in [-0.1, -0.05) is 42.5 Å². The first-order valence-corrected chi connectivity index (χ1v) is 11.1. The molecule has 1 aliphatic rings. The Bertz CT molecular complexity index is 1370. The molecule has 34 heavy (non-hydrogen) atoms. The van der Waals surface area contributed by atoms with Crippen molar-refractivity contribution in [2.75, 3.05) is 28.4 Å². The van der Waals surface area contributed by atoms with Crippen LogP contribution in [0.5, 0.6) is 23.0 Å². The van der Waals surface area contributed by atoms with E-state index in [2.05, 4.69) is 30.3 Å². The second kappa shape index (κ2) is 8.75. The van der Waals surface area contributed by atoms with Crippen LogP contribution >= 0.6 is 0 Å².